The van der Waals surface area contributed by atoms with Crippen molar-refractivity contribution in [2.45, 2.75) is 13.8 Å². The van der Waals surface area contributed by atoms with Crippen molar-refractivity contribution in [1.29, 1.82) is 0 Å². The molecule has 0 spiro atoms. The molecule has 0 radical (unpaired) electrons. The molecule has 82 valence electrons. The highest BCUT2D eigenvalue weighted by Crippen LogP contribution is 2.20. The summed E-state index contributed by atoms with van der Waals surface area (Å²) < 4.78 is 1.52. The molecule has 1 heterocycles. The number of hydrogen-bond donors (Lipinski definition) is 0. The number of aryl methyl sites for hydroxylation is 1. The highest BCUT2D eigenvalue weighted by molar-refractivity contribution is 5.61. The van der Waals surface area contributed by atoms with Gasteiger partial charge in [0.05, 0.1) is 10.1 Å². The number of rotatable bonds is 1. The first-order valence-corrected chi connectivity index (χ1v) is 4.99. The van der Waals surface area contributed by atoms with Crippen LogP contribution in [0.5, 0.6) is 0 Å². The zero-order chi connectivity index (χ0) is 11.7. The van der Waals surface area contributed by atoms with Crippen molar-refractivity contribution in [2.75, 3.05) is 0 Å². The SMILES string of the molecule is Cc1c[n+](=O)c(C)c(-c2ccccc2)n1[O-]. The number of hydrogen-bond acceptors (Lipinski definition) is 2. The Morgan fingerprint density at radius 1 is 1.19 bits per heavy atom. The molecular formula is C12H12N2O2. The largest absolute Gasteiger partial charge is 0.805 e. The Kier molecular flexibility index (Phi) is 2.48. The monoisotopic (exact) mass is 216 g/mol. The quantitative estimate of drug-likeness (QED) is 0.685. The van der Waals surface area contributed by atoms with E-state index >= 15 is 0 Å². The lowest BCUT2D eigenvalue weighted by Gasteiger charge is -2.18. The van der Waals surface area contributed by atoms with Gasteiger partial charge in [-0.2, -0.15) is 0 Å². The van der Waals surface area contributed by atoms with E-state index in [2.05, 4.69) is 0 Å². The highest BCUT2D eigenvalue weighted by atomic mass is 16.5. The molecule has 0 unspecified atom stereocenters. The minimum absolute atomic E-state index is 0.388. The third kappa shape index (κ3) is 1.58. The Morgan fingerprint density at radius 2 is 1.81 bits per heavy atom. The van der Waals surface area contributed by atoms with Crippen LogP contribution in [0, 0.1) is 24.0 Å². The fourth-order valence-corrected chi connectivity index (χ4v) is 1.67. The average molecular weight is 216 g/mol. The van der Waals surface area contributed by atoms with Crippen molar-refractivity contribution < 1.29 is 4.43 Å². The van der Waals surface area contributed by atoms with Crippen molar-refractivity contribution in [3.8, 4) is 11.3 Å². The first kappa shape index (κ1) is 10.4. The zero-order valence-electron chi connectivity index (χ0n) is 9.18. The standard InChI is InChI=1S/C12H12N2O2/c1-9-8-13(15)10(2)12(14(9)16)11-6-4-3-5-7-11/h3-8H,1-2H3. The van der Waals surface area contributed by atoms with E-state index in [-0.39, 0.29) is 0 Å². The van der Waals surface area contributed by atoms with Crippen LogP contribution in [0.25, 0.3) is 11.3 Å². The Morgan fingerprint density at radius 3 is 2.44 bits per heavy atom. The molecular weight excluding hydrogens is 204 g/mol. The van der Waals surface area contributed by atoms with Crippen LogP contribution in [-0.4, -0.2) is 4.73 Å². The third-order valence-electron chi connectivity index (χ3n) is 2.55. The lowest BCUT2D eigenvalue weighted by Crippen LogP contribution is -2.23. The van der Waals surface area contributed by atoms with Crippen LogP contribution < -0.4 is 4.43 Å². The van der Waals surface area contributed by atoms with Crippen molar-refractivity contribution in [2.24, 2.45) is 0 Å². The van der Waals surface area contributed by atoms with Crippen LogP contribution in [0.3, 0.4) is 0 Å². The molecule has 0 saturated heterocycles. The molecule has 0 atom stereocenters. The molecule has 0 bridgehead atoms. The van der Waals surface area contributed by atoms with E-state index in [9.17, 15) is 10.1 Å². The van der Waals surface area contributed by atoms with Crippen LogP contribution >= 0.6 is 0 Å². The summed E-state index contributed by atoms with van der Waals surface area (Å²) in [7, 11) is 0. The Labute approximate surface area is 93.0 Å². The van der Waals surface area contributed by atoms with Gasteiger partial charge in [0.2, 0.25) is 6.20 Å². The van der Waals surface area contributed by atoms with E-state index in [1.807, 2.05) is 30.3 Å². The summed E-state index contributed by atoms with van der Waals surface area (Å²) >= 11 is 0. The summed E-state index contributed by atoms with van der Waals surface area (Å²) in [6.45, 7) is 3.26. The topological polar surface area (TPSA) is 51.0 Å². The van der Waals surface area contributed by atoms with E-state index in [0.717, 1.165) is 14.7 Å². The predicted octanol–water partition coefficient (Wildman–Crippen LogP) is 2.03. The molecule has 0 N–H and O–H groups in total. The van der Waals surface area contributed by atoms with Gasteiger partial charge in [-0.1, -0.05) is 30.3 Å². The lowest BCUT2D eigenvalue weighted by molar-refractivity contribution is -0.503. The van der Waals surface area contributed by atoms with E-state index < -0.39 is 0 Å². The smallest absolute Gasteiger partial charge is 0.260 e. The molecule has 16 heavy (non-hydrogen) atoms. The number of benzene rings is 1. The van der Waals surface area contributed by atoms with Crippen molar-refractivity contribution in [3.63, 3.8) is 0 Å². The second kappa shape index (κ2) is 3.81. The molecule has 0 amide bonds. The van der Waals surface area contributed by atoms with Crippen LogP contribution in [0.2, 0.25) is 0 Å². The lowest BCUT2D eigenvalue weighted by atomic mass is 10.1. The fraction of sp³-hybridized carbons (Fsp3) is 0.167. The van der Waals surface area contributed by atoms with Gasteiger partial charge in [0.1, 0.15) is 5.69 Å². The first-order chi connectivity index (χ1) is 7.61. The molecule has 0 aliphatic heterocycles. The summed E-state index contributed by atoms with van der Waals surface area (Å²) in [5.41, 5.74) is 1.96. The first-order valence-electron chi connectivity index (χ1n) is 4.99. The molecule has 0 aliphatic rings. The summed E-state index contributed by atoms with van der Waals surface area (Å²) in [4.78, 5) is 11.6. The third-order valence-corrected chi connectivity index (χ3v) is 2.55. The minimum atomic E-state index is 0.388. The van der Waals surface area contributed by atoms with E-state index in [4.69, 9.17) is 0 Å². The number of aromatic nitrogens is 2. The van der Waals surface area contributed by atoms with Crippen LogP contribution in [0.15, 0.2) is 36.5 Å². The maximum atomic E-state index is 11.9. The molecule has 1 aromatic carbocycles. The van der Waals surface area contributed by atoms with Gasteiger partial charge in [-0.15, -0.1) is 0 Å². The maximum Gasteiger partial charge on any atom is 0.260 e. The van der Waals surface area contributed by atoms with Gasteiger partial charge >= 0.3 is 0 Å². The maximum absolute atomic E-state index is 11.9. The zero-order valence-corrected chi connectivity index (χ0v) is 9.18. The molecule has 0 aliphatic carbocycles. The Bertz CT molecular complexity index is 574. The van der Waals surface area contributed by atoms with Gasteiger partial charge < -0.3 is 9.94 Å². The number of nitrogens with zero attached hydrogens (tertiary/aromatic N) is 2. The van der Waals surface area contributed by atoms with Crippen LogP contribution in [0.4, 0.5) is 0 Å². The van der Waals surface area contributed by atoms with Crippen molar-refractivity contribution >= 4 is 0 Å². The Hall–Kier alpha value is -2.10. The molecule has 4 nitrogen and oxygen atoms in total. The normalized spacial score (nSPS) is 10.4. The summed E-state index contributed by atoms with van der Waals surface area (Å²) in [6, 6.07) is 9.18. The molecule has 2 rings (SSSR count). The van der Waals surface area contributed by atoms with E-state index in [1.165, 1.54) is 6.20 Å². The van der Waals surface area contributed by atoms with Gasteiger partial charge in [0, 0.05) is 17.4 Å². The fourth-order valence-electron chi connectivity index (χ4n) is 1.67. The van der Waals surface area contributed by atoms with Crippen molar-refractivity contribution in [3.05, 3.63) is 58.0 Å². The summed E-state index contributed by atoms with van der Waals surface area (Å²) in [5.74, 6) is 0. The molecule has 1 aromatic heterocycles. The van der Waals surface area contributed by atoms with Crippen LogP contribution in [0.1, 0.15) is 11.4 Å². The minimum Gasteiger partial charge on any atom is -0.805 e. The summed E-state index contributed by atoms with van der Waals surface area (Å²) in [5, 5.41) is 11.9. The van der Waals surface area contributed by atoms with Crippen molar-refractivity contribution in [1.82, 2.24) is 4.73 Å². The van der Waals surface area contributed by atoms with Crippen LogP contribution in [-0.2, 0) is 0 Å². The van der Waals surface area contributed by atoms with E-state index in [0.29, 0.717) is 17.1 Å². The second-order valence-electron chi connectivity index (χ2n) is 3.69. The summed E-state index contributed by atoms with van der Waals surface area (Å²) in [6.07, 6.45) is 1.29. The molecule has 0 fully saturated rings. The van der Waals surface area contributed by atoms with Gasteiger partial charge in [0.15, 0.2) is 0 Å². The Balaban J connectivity index is 2.79. The van der Waals surface area contributed by atoms with Gasteiger partial charge in [-0.25, -0.2) is 0 Å². The van der Waals surface area contributed by atoms with Gasteiger partial charge in [0.25, 0.3) is 5.69 Å². The molecule has 2 aromatic rings. The van der Waals surface area contributed by atoms with Gasteiger partial charge in [-0.05, 0) is 6.92 Å². The average Bonchev–Trinajstić information content (AvgIpc) is 2.28. The predicted molar refractivity (Wildman–Crippen MR) is 61.5 cm³/mol. The second-order valence-corrected chi connectivity index (χ2v) is 3.69. The molecule has 4 heteroatoms. The van der Waals surface area contributed by atoms with E-state index in [1.54, 1.807) is 13.8 Å². The molecule has 0 saturated carbocycles. The van der Waals surface area contributed by atoms with Gasteiger partial charge in [-0.3, -0.25) is 0 Å². The highest BCUT2D eigenvalue weighted by Gasteiger charge is 2.14.